The standard InChI is InChI=1S/C16H22O6/c1-9-10(2)21-16(14(19-3)13(9)17)22-12-7-5-11(6-8-12)15(18)20-4/h5-10,13-14,16-17H,1-4H3/t9-,10-,13+,14+,16-/m0/s1. The highest BCUT2D eigenvalue weighted by Gasteiger charge is 2.42. The fourth-order valence-corrected chi connectivity index (χ4v) is 2.42. The van der Waals surface area contributed by atoms with E-state index in [0.717, 1.165) is 0 Å². The van der Waals surface area contributed by atoms with E-state index in [-0.39, 0.29) is 12.0 Å². The van der Waals surface area contributed by atoms with Gasteiger partial charge in [0, 0.05) is 13.0 Å². The predicted molar refractivity (Wildman–Crippen MR) is 78.7 cm³/mol. The molecule has 5 atom stereocenters. The van der Waals surface area contributed by atoms with Crippen LogP contribution >= 0.6 is 0 Å². The Kier molecular flexibility index (Phi) is 5.39. The van der Waals surface area contributed by atoms with Crippen molar-refractivity contribution in [3.63, 3.8) is 0 Å². The molecule has 0 radical (unpaired) electrons. The summed E-state index contributed by atoms with van der Waals surface area (Å²) in [6.07, 6.45) is -2.12. The summed E-state index contributed by atoms with van der Waals surface area (Å²) in [4.78, 5) is 11.4. The number of benzene rings is 1. The number of methoxy groups -OCH3 is 2. The SMILES string of the molecule is COC(=O)c1ccc(O[C@@H]2O[C@@H](C)[C@H](C)[C@@H](O)[C@H]2OC)cc1. The van der Waals surface area contributed by atoms with Gasteiger partial charge < -0.3 is 24.1 Å². The summed E-state index contributed by atoms with van der Waals surface area (Å²) in [7, 11) is 2.84. The molecule has 6 heteroatoms. The number of esters is 1. The summed E-state index contributed by atoms with van der Waals surface area (Å²) < 4.78 is 21.5. The van der Waals surface area contributed by atoms with Crippen molar-refractivity contribution in [1.29, 1.82) is 0 Å². The zero-order valence-electron chi connectivity index (χ0n) is 13.2. The van der Waals surface area contributed by atoms with Crippen molar-refractivity contribution < 1.29 is 28.8 Å². The van der Waals surface area contributed by atoms with Crippen molar-refractivity contribution >= 4 is 5.97 Å². The number of aliphatic hydroxyl groups is 1. The van der Waals surface area contributed by atoms with Crippen LogP contribution in [0.2, 0.25) is 0 Å². The Labute approximate surface area is 129 Å². The highest BCUT2D eigenvalue weighted by Crippen LogP contribution is 2.29. The van der Waals surface area contributed by atoms with Crippen LogP contribution in [-0.2, 0) is 14.2 Å². The molecule has 0 bridgehead atoms. The molecular weight excluding hydrogens is 288 g/mol. The van der Waals surface area contributed by atoms with Crippen LogP contribution in [0.4, 0.5) is 0 Å². The van der Waals surface area contributed by atoms with Gasteiger partial charge in [-0.3, -0.25) is 0 Å². The molecule has 1 aliphatic heterocycles. The third-order valence-corrected chi connectivity index (χ3v) is 4.03. The topological polar surface area (TPSA) is 74.2 Å². The van der Waals surface area contributed by atoms with Gasteiger partial charge in [-0.25, -0.2) is 4.79 Å². The van der Waals surface area contributed by atoms with Crippen molar-refractivity contribution in [1.82, 2.24) is 0 Å². The number of hydrogen-bond acceptors (Lipinski definition) is 6. The quantitative estimate of drug-likeness (QED) is 0.852. The van der Waals surface area contributed by atoms with E-state index < -0.39 is 24.5 Å². The van der Waals surface area contributed by atoms with Gasteiger partial charge in [-0.05, 0) is 31.2 Å². The molecule has 0 amide bonds. The molecule has 0 unspecified atom stereocenters. The minimum absolute atomic E-state index is 0.0495. The van der Waals surface area contributed by atoms with Gasteiger partial charge in [-0.15, -0.1) is 0 Å². The monoisotopic (exact) mass is 310 g/mol. The molecule has 1 aliphatic rings. The molecule has 1 heterocycles. The van der Waals surface area contributed by atoms with Gasteiger partial charge in [0.15, 0.2) is 0 Å². The minimum atomic E-state index is -0.713. The molecule has 1 aromatic carbocycles. The van der Waals surface area contributed by atoms with Crippen molar-refractivity contribution in [3.05, 3.63) is 29.8 Å². The van der Waals surface area contributed by atoms with Gasteiger partial charge in [0.05, 0.1) is 24.9 Å². The van der Waals surface area contributed by atoms with E-state index in [1.165, 1.54) is 14.2 Å². The number of carbonyl (C=O) groups is 1. The lowest BCUT2D eigenvalue weighted by molar-refractivity contribution is -0.257. The molecule has 1 fully saturated rings. The number of rotatable bonds is 4. The molecule has 0 aromatic heterocycles. The molecule has 1 aromatic rings. The van der Waals surface area contributed by atoms with E-state index in [1.54, 1.807) is 24.3 Å². The van der Waals surface area contributed by atoms with Crippen LogP contribution in [0.3, 0.4) is 0 Å². The summed E-state index contributed by atoms with van der Waals surface area (Å²) in [6.45, 7) is 3.79. The second-order valence-electron chi connectivity index (χ2n) is 5.39. The second kappa shape index (κ2) is 7.09. The maximum atomic E-state index is 11.4. The maximum absolute atomic E-state index is 11.4. The van der Waals surface area contributed by atoms with E-state index >= 15 is 0 Å². The van der Waals surface area contributed by atoms with Gasteiger partial charge in [0.2, 0.25) is 6.29 Å². The Bertz CT molecular complexity index is 500. The Hall–Kier alpha value is -1.63. The lowest BCUT2D eigenvalue weighted by atomic mass is 9.91. The smallest absolute Gasteiger partial charge is 0.337 e. The Morgan fingerprint density at radius 2 is 1.82 bits per heavy atom. The number of carbonyl (C=O) groups excluding carboxylic acids is 1. The van der Waals surface area contributed by atoms with E-state index in [9.17, 15) is 9.90 Å². The molecule has 0 aliphatic carbocycles. The number of aliphatic hydroxyl groups excluding tert-OH is 1. The summed E-state index contributed by atoms with van der Waals surface area (Å²) in [5.41, 5.74) is 0.435. The van der Waals surface area contributed by atoms with Crippen LogP contribution < -0.4 is 4.74 Å². The van der Waals surface area contributed by atoms with E-state index in [4.69, 9.17) is 14.2 Å². The zero-order valence-corrected chi connectivity index (χ0v) is 13.2. The number of ether oxygens (including phenoxy) is 4. The van der Waals surface area contributed by atoms with Gasteiger partial charge in [-0.1, -0.05) is 6.92 Å². The van der Waals surface area contributed by atoms with Gasteiger partial charge in [-0.2, -0.15) is 0 Å². The predicted octanol–water partition coefficient (Wildman–Crippen LogP) is 1.61. The first-order chi connectivity index (χ1) is 10.5. The lowest BCUT2D eigenvalue weighted by Crippen LogP contribution is -2.55. The van der Waals surface area contributed by atoms with Crippen molar-refractivity contribution in [3.8, 4) is 5.75 Å². The molecule has 0 saturated carbocycles. The molecule has 1 N–H and O–H groups in total. The fraction of sp³-hybridized carbons (Fsp3) is 0.562. The van der Waals surface area contributed by atoms with Gasteiger partial charge in [0.1, 0.15) is 11.9 Å². The van der Waals surface area contributed by atoms with Crippen molar-refractivity contribution in [2.75, 3.05) is 14.2 Å². The first-order valence-corrected chi connectivity index (χ1v) is 7.19. The molecule has 0 spiro atoms. The minimum Gasteiger partial charge on any atom is -0.465 e. The van der Waals surface area contributed by atoms with Gasteiger partial charge in [0.25, 0.3) is 0 Å². The number of hydrogen-bond donors (Lipinski definition) is 1. The van der Waals surface area contributed by atoms with Crippen LogP contribution in [0.25, 0.3) is 0 Å². The molecule has 2 rings (SSSR count). The second-order valence-corrected chi connectivity index (χ2v) is 5.39. The molecular formula is C16H22O6. The summed E-state index contributed by atoms with van der Waals surface area (Å²) in [5.74, 6) is 0.0632. The van der Waals surface area contributed by atoms with Crippen molar-refractivity contribution in [2.45, 2.75) is 38.4 Å². The Morgan fingerprint density at radius 3 is 2.36 bits per heavy atom. The largest absolute Gasteiger partial charge is 0.465 e. The van der Waals surface area contributed by atoms with Crippen LogP contribution in [-0.4, -0.2) is 49.9 Å². The van der Waals surface area contributed by atoms with Crippen LogP contribution in [0.1, 0.15) is 24.2 Å². The first kappa shape index (κ1) is 16.7. The molecule has 6 nitrogen and oxygen atoms in total. The van der Waals surface area contributed by atoms with E-state index in [2.05, 4.69) is 4.74 Å². The third kappa shape index (κ3) is 3.40. The normalized spacial score (nSPS) is 31.6. The van der Waals surface area contributed by atoms with E-state index in [1.807, 2.05) is 13.8 Å². The zero-order chi connectivity index (χ0) is 16.3. The average Bonchev–Trinajstić information content (AvgIpc) is 2.53. The highest BCUT2D eigenvalue weighted by molar-refractivity contribution is 5.89. The molecule has 22 heavy (non-hydrogen) atoms. The summed E-state index contributed by atoms with van der Waals surface area (Å²) >= 11 is 0. The van der Waals surface area contributed by atoms with E-state index in [0.29, 0.717) is 11.3 Å². The lowest BCUT2D eigenvalue weighted by Gasteiger charge is -2.41. The molecule has 1 saturated heterocycles. The summed E-state index contributed by atoms with van der Waals surface area (Å²) in [6, 6.07) is 6.51. The maximum Gasteiger partial charge on any atom is 0.337 e. The molecule has 122 valence electrons. The van der Waals surface area contributed by atoms with Gasteiger partial charge >= 0.3 is 5.97 Å². The highest BCUT2D eigenvalue weighted by atomic mass is 16.7. The first-order valence-electron chi connectivity index (χ1n) is 7.19. The van der Waals surface area contributed by atoms with Crippen molar-refractivity contribution in [2.24, 2.45) is 5.92 Å². The Morgan fingerprint density at radius 1 is 1.18 bits per heavy atom. The van der Waals surface area contributed by atoms with Crippen LogP contribution in [0.15, 0.2) is 24.3 Å². The Balaban J connectivity index is 2.09. The fourth-order valence-electron chi connectivity index (χ4n) is 2.42. The average molecular weight is 310 g/mol. The third-order valence-electron chi connectivity index (χ3n) is 4.03. The summed E-state index contributed by atoms with van der Waals surface area (Å²) in [5, 5.41) is 10.3. The van der Waals surface area contributed by atoms with Crippen LogP contribution in [0.5, 0.6) is 5.75 Å². The van der Waals surface area contributed by atoms with Crippen LogP contribution in [0, 0.1) is 5.92 Å².